The summed E-state index contributed by atoms with van der Waals surface area (Å²) in [4.78, 5) is 15.3. The van der Waals surface area contributed by atoms with Crippen LogP contribution in [0.1, 0.15) is 12.0 Å². The van der Waals surface area contributed by atoms with Gasteiger partial charge in [0, 0.05) is 16.7 Å². The minimum absolute atomic E-state index is 0.0258. The molecular formula is C16H12NO2-. The number of pyridine rings is 1. The van der Waals surface area contributed by atoms with Gasteiger partial charge in [0.15, 0.2) is 0 Å². The van der Waals surface area contributed by atoms with E-state index in [4.69, 9.17) is 0 Å². The molecule has 3 heteroatoms. The number of carbonyl (C=O) groups is 1. The second-order valence-electron chi connectivity index (χ2n) is 4.50. The first kappa shape index (κ1) is 11.7. The molecule has 0 aliphatic carbocycles. The molecule has 3 aromatic rings. The van der Waals surface area contributed by atoms with E-state index in [1.54, 1.807) is 0 Å². The first-order chi connectivity index (χ1) is 9.25. The molecule has 2 aromatic carbocycles. The van der Waals surface area contributed by atoms with Crippen LogP contribution in [0.4, 0.5) is 0 Å². The maximum atomic E-state index is 10.7. The summed E-state index contributed by atoms with van der Waals surface area (Å²) in [5, 5.41) is 12.8. The van der Waals surface area contributed by atoms with Crippen LogP contribution in [0.2, 0.25) is 0 Å². The average Bonchev–Trinajstić information content (AvgIpc) is 2.43. The van der Waals surface area contributed by atoms with Crippen LogP contribution in [-0.2, 0) is 11.2 Å². The highest BCUT2D eigenvalue weighted by molar-refractivity contribution is 5.97. The molecule has 0 N–H and O–H groups in total. The Morgan fingerprint density at radius 3 is 2.00 bits per heavy atom. The molecule has 1 heterocycles. The first-order valence-electron chi connectivity index (χ1n) is 6.22. The third kappa shape index (κ3) is 2.15. The van der Waals surface area contributed by atoms with E-state index in [0.29, 0.717) is 6.42 Å². The summed E-state index contributed by atoms with van der Waals surface area (Å²) < 4.78 is 0. The molecule has 0 bridgehead atoms. The largest absolute Gasteiger partial charge is 0.550 e. The minimum atomic E-state index is -1.02. The van der Waals surface area contributed by atoms with Crippen LogP contribution in [0.25, 0.3) is 21.8 Å². The lowest BCUT2D eigenvalue weighted by molar-refractivity contribution is -0.305. The average molecular weight is 250 g/mol. The lowest BCUT2D eigenvalue weighted by Crippen LogP contribution is -2.22. The van der Waals surface area contributed by atoms with Gasteiger partial charge in [-0.1, -0.05) is 36.4 Å². The number of aromatic nitrogens is 1. The fourth-order valence-corrected chi connectivity index (χ4v) is 2.42. The van der Waals surface area contributed by atoms with Gasteiger partial charge in [-0.15, -0.1) is 0 Å². The van der Waals surface area contributed by atoms with Crippen LogP contribution in [0.3, 0.4) is 0 Å². The second kappa shape index (κ2) is 4.69. The van der Waals surface area contributed by atoms with Crippen LogP contribution >= 0.6 is 0 Å². The summed E-state index contributed by atoms with van der Waals surface area (Å²) in [6.45, 7) is 0. The molecule has 0 saturated heterocycles. The number of rotatable bonds is 3. The van der Waals surface area contributed by atoms with E-state index in [-0.39, 0.29) is 6.42 Å². The van der Waals surface area contributed by atoms with E-state index in [1.165, 1.54) is 0 Å². The Kier molecular flexibility index (Phi) is 2.88. The summed E-state index contributed by atoms with van der Waals surface area (Å²) in [7, 11) is 0. The SMILES string of the molecule is O=C([O-])CCc1c2ccccc2nc2ccccc12. The zero-order valence-electron chi connectivity index (χ0n) is 10.3. The van der Waals surface area contributed by atoms with Crippen molar-refractivity contribution in [2.24, 2.45) is 0 Å². The molecule has 0 saturated carbocycles. The van der Waals surface area contributed by atoms with E-state index in [2.05, 4.69) is 4.98 Å². The number of hydrogen-bond acceptors (Lipinski definition) is 3. The monoisotopic (exact) mass is 250 g/mol. The van der Waals surface area contributed by atoms with Crippen molar-refractivity contribution in [3.05, 3.63) is 54.1 Å². The van der Waals surface area contributed by atoms with Crippen molar-refractivity contribution in [1.82, 2.24) is 4.98 Å². The topological polar surface area (TPSA) is 53.0 Å². The fraction of sp³-hybridized carbons (Fsp3) is 0.125. The lowest BCUT2D eigenvalue weighted by Gasteiger charge is -2.11. The summed E-state index contributed by atoms with van der Waals surface area (Å²) >= 11 is 0. The summed E-state index contributed by atoms with van der Waals surface area (Å²) in [5.74, 6) is -1.02. The van der Waals surface area contributed by atoms with Crippen molar-refractivity contribution >= 4 is 27.8 Å². The van der Waals surface area contributed by atoms with Crippen LogP contribution in [0, 0.1) is 0 Å². The fourth-order valence-electron chi connectivity index (χ4n) is 2.42. The van der Waals surface area contributed by atoms with Crippen molar-refractivity contribution in [3.8, 4) is 0 Å². The second-order valence-corrected chi connectivity index (χ2v) is 4.50. The van der Waals surface area contributed by atoms with E-state index in [9.17, 15) is 9.90 Å². The Hall–Kier alpha value is -2.42. The molecule has 0 aliphatic heterocycles. The van der Waals surface area contributed by atoms with Gasteiger partial charge in [0.2, 0.25) is 0 Å². The van der Waals surface area contributed by atoms with E-state index in [1.807, 2.05) is 48.5 Å². The van der Waals surface area contributed by atoms with Gasteiger partial charge in [-0.3, -0.25) is 0 Å². The maximum absolute atomic E-state index is 10.7. The van der Waals surface area contributed by atoms with Gasteiger partial charge in [-0.25, -0.2) is 4.98 Å². The molecule has 0 radical (unpaired) electrons. The van der Waals surface area contributed by atoms with Gasteiger partial charge in [0.1, 0.15) is 0 Å². The number of aliphatic carboxylic acids is 1. The molecule has 0 amide bonds. The van der Waals surface area contributed by atoms with E-state index >= 15 is 0 Å². The van der Waals surface area contributed by atoms with Gasteiger partial charge >= 0.3 is 0 Å². The van der Waals surface area contributed by atoms with Crippen LogP contribution in [0.5, 0.6) is 0 Å². The van der Waals surface area contributed by atoms with E-state index < -0.39 is 5.97 Å². The van der Waals surface area contributed by atoms with Gasteiger partial charge in [0.25, 0.3) is 0 Å². The Morgan fingerprint density at radius 1 is 0.947 bits per heavy atom. The predicted octanol–water partition coefficient (Wildman–Crippen LogP) is 2.07. The quantitative estimate of drug-likeness (QED) is 0.669. The van der Waals surface area contributed by atoms with Crippen molar-refractivity contribution in [1.29, 1.82) is 0 Å². The number of para-hydroxylation sites is 2. The molecule has 19 heavy (non-hydrogen) atoms. The Labute approximate surface area is 110 Å². The molecular weight excluding hydrogens is 238 g/mol. The zero-order valence-corrected chi connectivity index (χ0v) is 10.3. The molecule has 0 aliphatic rings. The van der Waals surface area contributed by atoms with Gasteiger partial charge in [-0.2, -0.15) is 0 Å². The standard InChI is InChI=1S/C16H13NO2/c18-16(19)10-9-11-12-5-1-3-7-14(12)17-15-8-4-2-6-13(11)15/h1-8H,9-10H2,(H,18,19)/p-1. The third-order valence-corrected chi connectivity index (χ3v) is 3.28. The van der Waals surface area contributed by atoms with Crippen LogP contribution in [-0.4, -0.2) is 11.0 Å². The summed E-state index contributed by atoms with van der Waals surface area (Å²) in [6.07, 6.45) is 0.490. The number of fused-ring (bicyclic) bond motifs is 2. The van der Waals surface area contributed by atoms with Gasteiger partial charge < -0.3 is 9.90 Å². The molecule has 0 spiro atoms. The van der Waals surface area contributed by atoms with Crippen molar-refractivity contribution in [3.63, 3.8) is 0 Å². The summed E-state index contributed by atoms with van der Waals surface area (Å²) in [6, 6.07) is 15.6. The van der Waals surface area contributed by atoms with Crippen LogP contribution in [0.15, 0.2) is 48.5 Å². The van der Waals surface area contributed by atoms with Crippen molar-refractivity contribution in [2.75, 3.05) is 0 Å². The summed E-state index contributed by atoms with van der Waals surface area (Å²) in [5.41, 5.74) is 2.83. The molecule has 3 rings (SSSR count). The lowest BCUT2D eigenvalue weighted by atomic mass is 9.99. The zero-order chi connectivity index (χ0) is 13.2. The third-order valence-electron chi connectivity index (χ3n) is 3.28. The predicted molar refractivity (Wildman–Crippen MR) is 72.6 cm³/mol. The molecule has 0 atom stereocenters. The molecule has 3 nitrogen and oxygen atoms in total. The number of benzene rings is 2. The number of carboxylic acid groups (broad SMARTS) is 1. The highest BCUT2D eigenvalue weighted by Crippen LogP contribution is 2.26. The van der Waals surface area contributed by atoms with Gasteiger partial charge in [-0.05, 0) is 30.5 Å². The molecule has 94 valence electrons. The Morgan fingerprint density at radius 2 is 1.47 bits per heavy atom. The van der Waals surface area contributed by atoms with E-state index in [0.717, 1.165) is 27.4 Å². The van der Waals surface area contributed by atoms with Crippen LogP contribution < -0.4 is 5.11 Å². The molecule has 0 fully saturated rings. The van der Waals surface area contributed by atoms with Crippen molar-refractivity contribution in [2.45, 2.75) is 12.8 Å². The smallest absolute Gasteiger partial charge is 0.0712 e. The number of hydrogen-bond donors (Lipinski definition) is 0. The normalized spacial score (nSPS) is 10.9. The number of aryl methyl sites for hydroxylation is 1. The molecule has 0 unspecified atom stereocenters. The Balaban J connectivity index is 2.29. The van der Waals surface area contributed by atoms with Gasteiger partial charge in [0.05, 0.1) is 11.0 Å². The minimum Gasteiger partial charge on any atom is -0.550 e. The maximum Gasteiger partial charge on any atom is 0.0712 e. The number of nitrogens with zero attached hydrogens (tertiary/aromatic N) is 1. The van der Waals surface area contributed by atoms with Crippen molar-refractivity contribution < 1.29 is 9.90 Å². The number of carboxylic acids is 1. The number of carbonyl (C=O) groups excluding carboxylic acids is 1. The highest BCUT2D eigenvalue weighted by atomic mass is 16.4. The first-order valence-corrected chi connectivity index (χ1v) is 6.22. The highest BCUT2D eigenvalue weighted by Gasteiger charge is 2.08. The Bertz CT molecular complexity index is 711. The molecule has 1 aromatic heterocycles.